The van der Waals surface area contributed by atoms with Gasteiger partial charge in [-0.2, -0.15) is 0 Å². The topological polar surface area (TPSA) is 89.3 Å². The Bertz CT molecular complexity index is 456. The molecule has 1 rings (SSSR count). The van der Waals surface area contributed by atoms with E-state index in [-0.39, 0.29) is 23.4 Å². The molecule has 0 atom stereocenters. The van der Waals surface area contributed by atoms with Crippen LogP contribution in [0.15, 0.2) is 12.1 Å². The summed E-state index contributed by atoms with van der Waals surface area (Å²) < 4.78 is 4.74. The third-order valence-corrected chi connectivity index (χ3v) is 2.29. The molecule has 1 heterocycles. The smallest absolute Gasteiger partial charge is 0.325 e. The summed E-state index contributed by atoms with van der Waals surface area (Å²) in [6.07, 6.45) is 0. The first-order valence-electron chi connectivity index (χ1n) is 5.15. The molecule has 0 amide bonds. The average Bonchev–Trinajstić information content (AvgIpc) is 2.31. The maximum Gasteiger partial charge on any atom is 0.325 e. The molecule has 0 saturated carbocycles. The molecule has 18 heavy (non-hydrogen) atoms. The van der Waals surface area contributed by atoms with Crippen molar-refractivity contribution in [3.63, 3.8) is 0 Å². The minimum atomic E-state index is -0.385. The molecule has 0 aliphatic rings. The third kappa shape index (κ3) is 4.72. The second-order valence-electron chi connectivity index (χ2n) is 3.18. The largest absolute Gasteiger partial charge is 0.465 e. The van der Waals surface area contributed by atoms with Gasteiger partial charge in [-0.15, -0.1) is 0 Å². The molecule has 98 valence electrons. The van der Waals surface area contributed by atoms with E-state index in [2.05, 4.69) is 15.6 Å². The fourth-order valence-corrected chi connectivity index (χ4v) is 1.42. The first kappa shape index (κ1) is 14.5. The Labute approximate surface area is 115 Å². The number of hydrogen-bond donors (Lipinski definition) is 3. The number of thiocarbonyl (C=S) groups is 1. The zero-order valence-corrected chi connectivity index (χ0v) is 11.3. The van der Waals surface area contributed by atoms with E-state index in [1.165, 1.54) is 0 Å². The lowest BCUT2D eigenvalue weighted by atomic mass is 10.4. The van der Waals surface area contributed by atoms with Gasteiger partial charge in [-0.25, -0.2) is 4.98 Å². The molecule has 0 radical (unpaired) electrons. The van der Waals surface area contributed by atoms with Crippen LogP contribution in [-0.4, -0.2) is 29.2 Å². The fraction of sp³-hybridized carbons (Fsp3) is 0.300. The Kier molecular flexibility index (Phi) is 5.60. The molecule has 0 saturated heterocycles. The Morgan fingerprint density at radius 1 is 1.61 bits per heavy atom. The number of ether oxygens (including phenoxy) is 1. The van der Waals surface area contributed by atoms with Gasteiger partial charge < -0.3 is 21.1 Å². The summed E-state index contributed by atoms with van der Waals surface area (Å²) in [6, 6.07) is 3.22. The van der Waals surface area contributed by atoms with Crippen molar-refractivity contribution in [1.29, 1.82) is 0 Å². The van der Waals surface area contributed by atoms with Gasteiger partial charge in [0.15, 0.2) is 5.11 Å². The molecule has 1 aromatic rings. The number of rotatable bonds is 4. The molecule has 0 fully saturated rings. The van der Waals surface area contributed by atoms with Gasteiger partial charge >= 0.3 is 5.97 Å². The third-order valence-electron chi connectivity index (χ3n) is 1.84. The molecule has 0 spiro atoms. The van der Waals surface area contributed by atoms with Crippen molar-refractivity contribution < 1.29 is 9.53 Å². The van der Waals surface area contributed by atoms with Crippen LogP contribution in [0, 0.1) is 0 Å². The number of hydrogen-bond acceptors (Lipinski definition) is 5. The van der Waals surface area contributed by atoms with Crippen LogP contribution in [0.4, 0.5) is 11.5 Å². The van der Waals surface area contributed by atoms with Crippen LogP contribution in [-0.2, 0) is 9.53 Å². The van der Waals surface area contributed by atoms with Gasteiger partial charge in [-0.05, 0) is 31.3 Å². The number of nitrogen functional groups attached to an aromatic ring is 1. The predicted molar refractivity (Wildman–Crippen MR) is 74.5 cm³/mol. The van der Waals surface area contributed by atoms with E-state index < -0.39 is 0 Å². The highest BCUT2D eigenvalue weighted by Gasteiger charge is 2.06. The van der Waals surface area contributed by atoms with Crippen LogP contribution in [0.2, 0.25) is 5.15 Å². The fourth-order valence-electron chi connectivity index (χ4n) is 1.09. The molecular weight excluding hydrogens is 276 g/mol. The number of pyridine rings is 1. The highest BCUT2D eigenvalue weighted by Crippen LogP contribution is 2.18. The van der Waals surface area contributed by atoms with Crippen LogP contribution in [0.5, 0.6) is 0 Å². The number of nitrogens with two attached hydrogens (primary N) is 1. The number of nitrogens with zero attached hydrogens (tertiary/aromatic N) is 1. The van der Waals surface area contributed by atoms with Crippen LogP contribution in [0.25, 0.3) is 0 Å². The highest BCUT2D eigenvalue weighted by molar-refractivity contribution is 7.80. The first-order valence-corrected chi connectivity index (χ1v) is 5.94. The van der Waals surface area contributed by atoms with E-state index in [0.29, 0.717) is 17.4 Å². The molecule has 0 bridgehead atoms. The number of esters is 1. The molecule has 4 N–H and O–H groups in total. The van der Waals surface area contributed by atoms with E-state index in [9.17, 15) is 4.79 Å². The molecule has 1 aromatic heterocycles. The molecule has 0 aliphatic heterocycles. The highest BCUT2D eigenvalue weighted by atomic mass is 35.5. The van der Waals surface area contributed by atoms with E-state index >= 15 is 0 Å². The summed E-state index contributed by atoms with van der Waals surface area (Å²) in [5, 5.41) is 6.03. The second-order valence-corrected chi connectivity index (χ2v) is 3.97. The summed E-state index contributed by atoms with van der Waals surface area (Å²) in [5.41, 5.74) is 6.15. The number of halogens is 1. The van der Waals surface area contributed by atoms with Crippen LogP contribution in [0.3, 0.4) is 0 Å². The van der Waals surface area contributed by atoms with Gasteiger partial charge in [0, 0.05) is 0 Å². The Morgan fingerprint density at radius 3 is 2.94 bits per heavy atom. The quantitative estimate of drug-likeness (QED) is 0.435. The minimum Gasteiger partial charge on any atom is -0.465 e. The van der Waals surface area contributed by atoms with Crippen molar-refractivity contribution >= 4 is 46.4 Å². The Morgan fingerprint density at radius 2 is 2.33 bits per heavy atom. The molecular formula is C10H13ClN4O2S. The minimum absolute atomic E-state index is 0.0133. The van der Waals surface area contributed by atoms with Crippen molar-refractivity contribution in [3.8, 4) is 0 Å². The standard InChI is InChI=1S/C10H13ClN4O2S/c1-2-17-8(16)5-13-10(18)14-6-3-4-7(11)15-9(6)12/h3-4H,2,5H2,1H3,(H2,12,15)(H2,13,14,18). The van der Waals surface area contributed by atoms with Gasteiger partial charge in [0.2, 0.25) is 0 Å². The number of anilines is 2. The van der Waals surface area contributed by atoms with Crippen LogP contribution >= 0.6 is 23.8 Å². The normalized spacial score (nSPS) is 9.67. The lowest BCUT2D eigenvalue weighted by Gasteiger charge is -2.11. The summed E-state index contributed by atoms with van der Waals surface area (Å²) in [6.45, 7) is 2.05. The van der Waals surface area contributed by atoms with E-state index in [4.69, 9.17) is 34.3 Å². The zero-order chi connectivity index (χ0) is 13.5. The van der Waals surface area contributed by atoms with Gasteiger partial charge in [-0.3, -0.25) is 4.79 Å². The number of carbonyl (C=O) groups excluding carboxylic acids is 1. The summed E-state index contributed by atoms with van der Waals surface area (Å²) in [7, 11) is 0. The lowest BCUT2D eigenvalue weighted by Crippen LogP contribution is -2.34. The average molecular weight is 289 g/mol. The summed E-state index contributed by atoms with van der Waals surface area (Å²) in [4.78, 5) is 14.9. The number of nitrogens with one attached hydrogen (secondary N) is 2. The number of aromatic nitrogens is 1. The second kappa shape index (κ2) is 6.97. The molecule has 0 unspecified atom stereocenters. The Hall–Kier alpha value is -1.60. The van der Waals surface area contributed by atoms with E-state index in [1.54, 1.807) is 19.1 Å². The van der Waals surface area contributed by atoms with Crippen molar-refractivity contribution in [2.24, 2.45) is 0 Å². The van der Waals surface area contributed by atoms with Crippen molar-refractivity contribution in [2.75, 3.05) is 24.2 Å². The zero-order valence-electron chi connectivity index (χ0n) is 9.70. The van der Waals surface area contributed by atoms with E-state index in [1.807, 2.05) is 0 Å². The maximum atomic E-state index is 11.1. The predicted octanol–water partition coefficient (Wildman–Crippen LogP) is 1.17. The van der Waals surface area contributed by atoms with Crippen molar-refractivity contribution in [2.45, 2.75) is 6.92 Å². The van der Waals surface area contributed by atoms with Crippen LogP contribution < -0.4 is 16.4 Å². The van der Waals surface area contributed by atoms with E-state index in [0.717, 1.165) is 0 Å². The van der Waals surface area contributed by atoms with Gasteiger partial charge in [0.25, 0.3) is 0 Å². The summed E-state index contributed by atoms with van der Waals surface area (Å²) >= 11 is 10.6. The monoisotopic (exact) mass is 288 g/mol. The van der Waals surface area contributed by atoms with Crippen molar-refractivity contribution in [1.82, 2.24) is 10.3 Å². The maximum absolute atomic E-state index is 11.1. The molecule has 0 aromatic carbocycles. The first-order chi connectivity index (χ1) is 8.52. The molecule has 8 heteroatoms. The molecule has 6 nitrogen and oxygen atoms in total. The van der Waals surface area contributed by atoms with Gasteiger partial charge in [0.05, 0.1) is 12.3 Å². The van der Waals surface area contributed by atoms with Gasteiger partial charge in [0.1, 0.15) is 17.5 Å². The van der Waals surface area contributed by atoms with Gasteiger partial charge in [-0.1, -0.05) is 11.6 Å². The number of carbonyl (C=O) groups is 1. The lowest BCUT2D eigenvalue weighted by molar-refractivity contribution is -0.141. The molecule has 0 aliphatic carbocycles. The SMILES string of the molecule is CCOC(=O)CNC(=S)Nc1ccc(Cl)nc1N. The summed E-state index contributed by atoms with van der Waals surface area (Å²) in [5.74, 6) is -0.161. The van der Waals surface area contributed by atoms with Crippen LogP contribution in [0.1, 0.15) is 6.92 Å². The Balaban J connectivity index is 2.47. The van der Waals surface area contributed by atoms with Crippen molar-refractivity contribution in [3.05, 3.63) is 17.3 Å².